The SMILES string of the molecule is COc1ccccc1C(=O)N1CCC[C@@H]1c1ccccc1C. The van der Waals surface area contributed by atoms with Gasteiger partial charge in [0.25, 0.3) is 5.91 Å². The predicted octanol–water partition coefficient (Wildman–Crippen LogP) is 3.98. The third kappa shape index (κ3) is 2.59. The van der Waals surface area contributed by atoms with Gasteiger partial charge < -0.3 is 9.64 Å². The van der Waals surface area contributed by atoms with E-state index in [9.17, 15) is 4.79 Å². The lowest BCUT2D eigenvalue weighted by Crippen LogP contribution is -2.31. The molecule has 1 atom stereocenters. The number of benzene rings is 2. The topological polar surface area (TPSA) is 29.5 Å². The van der Waals surface area contributed by atoms with Crippen LogP contribution >= 0.6 is 0 Å². The minimum atomic E-state index is 0.0585. The molecular formula is C19H21NO2. The quantitative estimate of drug-likeness (QED) is 0.857. The van der Waals surface area contributed by atoms with Crippen molar-refractivity contribution < 1.29 is 9.53 Å². The van der Waals surface area contributed by atoms with Gasteiger partial charge in [0.2, 0.25) is 0 Å². The van der Waals surface area contributed by atoms with Gasteiger partial charge in [-0.2, -0.15) is 0 Å². The van der Waals surface area contributed by atoms with E-state index in [1.54, 1.807) is 7.11 Å². The maximum Gasteiger partial charge on any atom is 0.258 e. The number of hydrogen-bond acceptors (Lipinski definition) is 2. The first-order valence-electron chi connectivity index (χ1n) is 7.72. The molecular weight excluding hydrogens is 274 g/mol. The lowest BCUT2D eigenvalue weighted by atomic mass is 9.99. The van der Waals surface area contributed by atoms with Gasteiger partial charge in [0.15, 0.2) is 0 Å². The zero-order valence-corrected chi connectivity index (χ0v) is 13.1. The number of nitrogens with zero attached hydrogens (tertiary/aromatic N) is 1. The molecule has 0 bridgehead atoms. The molecule has 3 rings (SSSR count). The first-order valence-corrected chi connectivity index (χ1v) is 7.72. The second-order valence-corrected chi connectivity index (χ2v) is 5.71. The lowest BCUT2D eigenvalue weighted by molar-refractivity contribution is 0.0732. The molecule has 2 aromatic carbocycles. The number of hydrogen-bond donors (Lipinski definition) is 0. The molecule has 1 fully saturated rings. The summed E-state index contributed by atoms with van der Waals surface area (Å²) in [5, 5.41) is 0. The Bertz CT molecular complexity index is 681. The van der Waals surface area contributed by atoms with Gasteiger partial charge in [-0.25, -0.2) is 0 Å². The molecule has 1 amide bonds. The molecule has 1 aliphatic heterocycles. The van der Waals surface area contributed by atoms with Gasteiger partial charge >= 0.3 is 0 Å². The fourth-order valence-electron chi connectivity index (χ4n) is 3.27. The van der Waals surface area contributed by atoms with Crippen LogP contribution in [-0.4, -0.2) is 24.5 Å². The van der Waals surface area contributed by atoms with E-state index in [4.69, 9.17) is 4.74 Å². The molecule has 0 spiro atoms. The molecule has 0 aromatic heterocycles. The molecule has 0 radical (unpaired) electrons. The molecule has 0 N–H and O–H groups in total. The smallest absolute Gasteiger partial charge is 0.258 e. The van der Waals surface area contributed by atoms with Gasteiger partial charge in [-0.3, -0.25) is 4.79 Å². The molecule has 114 valence electrons. The second-order valence-electron chi connectivity index (χ2n) is 5.71. The van der Waals surface area contributed by atoms with Crippen LogP contribution in [0.4, 0.5) is 0 Å². The molecule has 0 aliphatic carbocycles. The van der Waals surface area contributed by atoms with Crippen molar-refractivity contribution in [1.82, 2.24) is 4.90 Å². The highest BCUT2D eigenvalue weighted by Gasteiger charge is 2.32. The summed E-state index contributed by atoms with van der Waals surface area (Å²) in [6.45, 7) is 2.91. The van der Waals surface area contributed by atoms with Crippen LogP contribution in [0.2, 0.25) is 0 Å². The highest BCUT2D eigenvalue weighted by atomic mass is 16.5. The molecule has 3 heteroatoms. The Morgan fingerprint density at radius 3 is 2.64 bits per heavy atom. The summed E-state index contributed by atoms with van der Waals surface area (Å²) in [7, 11) is 1.61. The predicted molar refractivity (Wildman–Crippen MR) is 87.2 cm³/mol. The Morgan fingerprint density at radius 2 is 1.86 bits per heavy atom. The van der Waals surface area contributed by atoms with Gasteiger partial charge in [0, 0.05) is 6.54 Å². The van der Waals surface area contributed by atoms with E-state index >= 15 is 0 Å². The first kappa shape index (κ1) is 14.6. The van der Waals surface area contributed by atoms with Crippen LogP contribution in [0.15, 0.2) is 48.5 Å². The van der Waals surface area contributed by atoms with E-state index in [1.165, 1.54) is 11.1 Å². The van der Waals surface area contributed by atoms with Crippen molar-refractivity contribution >= 4 is 5.91 Å². The minimum absolute atomic E-state index is 0.0585. The highest BCUT2D eigenvalue weighted by molar-refractivity contribution is 5.97. The molecule has 1 saturated heterocycles. The Hall–Kier alpha value is -2.29. The lowest BCUT2D eigenvalue weighted by Gasteiger charge is -2.27. The fourth-order valence-corrected chi connectivity index (χ4v) is 3.27. The summed E-state index contributed by atoms with van der Waals surface area (Å²) < 4.78 is 5.34. The Morgan fingerprint density at radius 1 is 1.14 bits per heavy atom. The summed E-state index contributed by atoms with van der Waals surface area (Å²) in [5.41, 5.74) is 3.14. The molecule has 3 nitrogen and oxygen atoms in total. The second kappa shape index (κ2) is 6.22. The normalized spacial score (nSPS) is 17.5. The molecule has 1 heterocycles. The van der Waals surface area contributed by atoms with Crippen LogP contribution in [0, 0.1) is 6.92 Å². The zero-order chi connectivity index (χ0) is 15.5. The number of ether oxygens (including phenoxy) is 1. The van der Waals surface area contributed by atoms with Crippen LogP contribution in [0.1, 0.15) is 40.4 Å². The fraction of sp³-hybridized carbons (Fsp3) is 0.316. The van der Waals surface area contributed by atoms with Crippen LogP contribution in [0.3, 0.4) is 0 Å². The monoisotopic (exact) mass is 295 g/mol. The molecule has 0 unspecified atom stereocenters. The van der Waals surface area contributed by atoms with Crippen molar-refractivity contribution in [2.24, 2.45) is 0 Å². The van der Waals surface area contributed by atoms with Crippen LogP contribution in [0.25, 0.3) is 0 Å². The van der Waals surface area contributed by atoms with E-state index in [1.807, 2.05) is 41.3 Å². The number of likely N-dealkylation sites (tertiary alicyclic amines) is 1. The van der Waals surface area contributed by atoms with Crippen molar-refractivity contribution in [3.63, 3.8) is 0 Å². The Kier molecular flexibility index (Phi) is 4.14. The third-order valence-corrected chi connectivity index (χ3v) is 4.40. The number of carbonyl (C=O) groups excluding carboxylic acids is 1. The highest BCUT2D eigenvalue weighted by Crippen LogP contribution is 2.35. The maximum absolute atomic E-state index is 13.0. The summed E-state index contributed by atoms with van der Waals surface area (Å²) in [6.07, 6.45) is 2.06. The number of rotatable bonds is 3. The number of para-hydroxylation sites is 1. The molecule has 22 heavy (non-hydrogen) atoms. The van der Waals surface area contributed by atoms with Crippen molar-refractivity contribution in [3.05, 3.63) is 65.2 Å². The van der Waals surface area contributed by atoms with Crippen LogP contribution in [-0.2, 0) is 0 Å². The van der Waals surface area contributed by atoms with Gasteiger partial charge in [-0.05, 0) is 43.0 Å². The summed E-state index contributed by atoms with van der Waals surface area (Å²) in [5.74, 6) is 0.700. The van der Waals surface area contributed by atoms with Gasteiger partial charge in [-0.15, -0.1) is 0 Å². The van der Waals surface area contributed by atoms with E-state index in [0.717, 1.165) is 19.4 Å². The maximum atomic E-state index is 13.0. The Labute approximate surface area is 131 Å². The molecule has 2 aromatic rings. The zero-order valence-electron chi connectivity index (χ0n) is 13.1. The van der Waals surface area contributed by atoms with E-state index in [2.05, 4.69) is 19.1 Å². The number of carbonyl (C=O) groups is 1. The van der Waals surface area contributed by atoms with E-state index < -0.39 is 0 Å². The van der Waals surface area contributed by atoms with Crippen molar-refractivity contribution in [2.75, 3.05) is 13.7 Å². The number of methoxy groups -OCH3 is 1. The summed E-state index contributed by atoms with van der Waals surface area (Å²) >= 11 is 0. The van der Waals surface area contributed by atoms with Crippen molar-refractivity contribution in [2.45, 2.75) is 25.8 Å². The van der Waals surface area contributed by atoms with Crippen LogP contribution < -0.4 is 4.74 Å². The average molecular weight is 295 g/mol. The van der Waals surface area contributed by atoms with E-state index in [0.29, 0.717) is 11.3 Å². The van der Waals surface area contributed by atoms with Gasteiger partial charge in [0.1, 0.15) is 5.75 Å². The minimum Gasteiger partial charge on any atom is -0.496 e. The number of aryl methyl sites for hydroxylation is 1. The van der Waals surface area contributed by atoms with Gasteiger partial charge in [0.05, 0.1) is 18.7 Å². The largest absolute Gasteiger partial charge is 0.496 e. The Balaban J connectivity index is 1.93. The first-order chi connectivity index (χ1) is 10.7. The summed E-state index contributed by atoms with van der Waals surface area (Å²) in [4.78, 5) is 15.0. The number of amides is 1. The molecule has 0 saturated carbocycles. The van der Waals surface area contributed by atoms with Gasteiger partial charge in [-0.1, -0.05) is 36.4 Å². The van der Waals surface area contributed by atoms with E-state index in [-0.39, 0.29) is 11.9 Å². The third-order valence-electron chi connectivity index (χ3n) is 4.40. The van der Waals surface area contributed by atoms with Crippen molar-refractivity contribution in [3.8, 4) is 5.75 Å². The van der Waals surface area contributed by atoms with Crippen LogP contribution in [0.5, 0.6) is 5.75 Å². The standard InChI is InChI=1S/C19H21NO2/c1-14-8-3-4-9-15(14)17-11-7-13-20(17)19(21)16-10-5-6-12-18(16)22-2/h3-6,8-10,12,17H,7,11,13H2,1-2H3/t17-/m1/s1. The molecule has 1 aliphatic rings. The average Bonchev–Trinajstić information content (AvgIpc) is 3.04. The summed E-state index contributed by atoms with van der Waals surface area (Å²) in [6, 6.07) is 16.0. The van der Waals surface area contributed by atoms with Crippen molar-refractivity contribution in [1.29, 1.82) is 0 Å².